The summed E-state index contributed by atoms with van der Waals surface area (Å²) >= 11 is 4.76. The molecule has 1 N–H and O–H groups in total. The van der Waals surface area contributed by atoms with E-state index in [1.807, 2.05) is 63.2 Å². The molecule has 0 aliphatic rings. The van der Waals surface area contributed by atoms with Crippen LogP contribution in [-0.2, 0) is 4.79 Å². The Morgan fingerprint density at radius 3 is 2.50 bits per heavy atom. The quantitative estimate of drug-likeness (QED) is 0.562. The van der Waals surface area contributed by atoms with Gasteiger partial charge in [-0.1, -0.05) is 45.4 Å². The number of hydrogen-bond donors (Lipinski definition) is 1. The Kier molecular flexibility index (Phi) is 6.36. The number of aromatic nitrogens is 2. The minimum atomic E-state index is -0.375. The lowest BCUT2D eigenvalue weighted by molar-refractivity contribution is -0.115. The van der Waals surface area contributed by atoms with E-state index in [0.29, 0.717) is 10.7 Å². The van der Waals surface area contributed by atoms with Crippen molar-refractivity contribution in [2.45, 2.75) is 31.0 Å². The average molecular weight is 458 g/mol. The number of rotatable bonds is 5. The number of anilines is 1. The lowest BCUT2D eigenvalue weighted by atomic mass is 10.2. The van der Waals surface area contributed by atoms with Crippen molar-refractivity contribution < 1.29 is 4.79 Å². The van der Waals surface area contributed by atoms with Gasteiger partial charge in [-0.05, 0) is 62.7 Å². The van der Waals surface area contributed by atoms with Gasteiger partial charge in [-0.3, -0.25) is 9.59 Å². The van der Waals surface area contributed by atoms with Crippen LogP contribution < -0.4 is 10.9 Å². The van der Waals surface area contributed by atoms with Gasteiger partial charge in [-0.25, -0.2) is 0 Å². The number of amides is 1. The van der Waals surface area contributed by atoms with Crippen molar-refractivity contribution in [3.05, 3.63) is 80.6 Å². The number of nitrogens with zero attached hydrogens (tertiary/aromatic N) is 2. The third-order valence-electron chi connectivity index (χ3n) is 4.15. The second-order valence-electron chi connectivity index (χ2n) is 6.47. The molecule has 144 valence electrons. The van der Waals surface area contributed by atoms with Crippen molar-refractivity contribution >= 4 is 39.3 Å². The van der Waals surface area contributed by atoms with E-state index in [2.05, 4.69) is 26.3 Å². The Morgan fingerprint density at radius 2 is 1.82 bits per heavy atom. The van der Waals surface area contributed by atoms with E-state index in [1.54, 1.807) is 6.07 Å². The van der Waals surface area contributed by atoms with Crippen LogP contribution in [0.2, 0.25) is 0 Å². The van der Waals surface area contributed by atoms with E-state index >= 15 is 0 Å². The molecular formula is C21H20BrN3O2S. The number of carbonyl (C=O) groups is 1. The zero-order valence-corrected chi connectivity index (χ0v) is 18.2. The molecule has 5 nitrogen and oxygen atoms in total. The summed E-state index contributed by atoms with van der Waals surface area (Å²) in [6.45, 7) is 5.77. The molecule has 3 rings (SSSR count). The van der Waals surface area contributed by atoms with Gasteiger partial charge in [0.2, 0.25) is 5.91 Å². The fourth-order valence-corrected chi connectivity index (χ4v) is 3.58. The normalized spacial score (nSPS) is 11.9. The predicted molar refractivity (Wildman–Crippen MR) is 117 cm³/mol. The van der Waals surface area contributed by atoms with Crippen LogP contribution in [0.25, 0.3) is 5.69 Å². The van der Waals surface area contributed by atoms with Gasteiger partial charge in [-0.15, -0.1) is 0 Å². The second kappa shape index (κ2) is 8.75. The number of halogens is 1. The highest BCUT2D eigenvalue weighted by atomic mass is 79.9. The number of hydrogen-bond acceptors (Lipinski definition) is 4. The van der Waals surface area contributed by atoms with Crippen molar-refractivity contribution in [3.8, 4) is 5.69 Å². The third-order valence-corrected chi connectivity index (χ3v) is 6.06. The third kappa shape index (κ3) is 4.91. The first-order valence-electron chi connectivity index (χ1n) is 8.74. The Morgan fingerprint density at radius 1 is 1.11 bits per heavy atom. The maximum absolute atomic E-state index is 12.5. The van der Waals surface area contributed by atoms with Gasteiger partial charge in [0.25, 0.3) is 5.56 Å². The first-order chi connectivity index (χ1) is 13.3. The highest BCUT2D eigenvalue weighted by molar-refractivity contribution is 9.10. The number of carbonyl (C=O) groups excluding carboxylic acids is 1. The predicted octanol–water partition coefficient (Wildman–Crippen LogP) is 4.73. The summed E-state index contributed by atoms with van der Waals surface area (Å²) < 4.78 is 2.35. The van der Waals surface area contributed by atoms with E-state index in [-0.39, 0.29) is 16.7 Å². The number of benzene rings is 2. The molecule has 0 fully saturated rings. The van der Waals surface area contributed by atoms with Crippen molar-refractivity contribution in [2.75, 3.05) is 5.32 Å². The molecule has 2 aromatic carbocycles. The van der Waals surface area contributed by atoms with Crippen molar-refractivity contribution in [1.29, 1.82) is 0 Å². The lowest BCUT2D eigenvalue weighted by Crippen LogP contribution is -2.24. The summed E-state index contributed by atoms with van der Waals surface area (Å²) in [5.41, 5.74) is 3.38. The van der Waals surface area contributed by atoms with Gasteiger partial charge in [0, 0.05) is 16.2 Å². The maximum Gasteiger partial charge on any atom is 0.271 e. The maximum atomic E-state index is 12.5. The van der Waals surface area contributed by atoms with Crippen LogP contribution in [0.3, 0.4) is 0 Å². The Hall–Kier alpha value is -2.38. The zero-order valence-electron chi connectivity index (χ0n) is 15.8. The van der Waals surface area contributed by atoms with Crippen molar-refractivity contribution in [1.82, 2.24) is 9.78 Å². The molecule has 0 saturated carbocycles. The van der Waals surface area contributed by atoms with Crippen LogP contribution in [0.5, 0.6) is 0 Å². The molecule has 3 aromatic rings. The van der Waals surface area contributed by atoms with Gasteiger partial charge in [0.1, 0.15) is 5.03 Å². The first kappa shape index (κ1) is 20.4. The number of aryl methyl sites for hydroxylation is 2. The molecule has 1 amide bonds. The summed E-state index contributed by atoms with van der Waals surface area (Å²) in [5.74, 6) is -0.124. The van der Waals surface area contributed by atoms with E-state index in [0.717, 1.165) is 21.3 Å². The molecule has 0 spiro atoms. The van der Waals surface area contributed by atoms with E-state index in [4.69, 9.17) is 0 Å². The molecule has 0 bridgehead atoms. The zero-order chi connectivity index (χ0) is 20.3. The smallest absolute Gasteiger partial charge is 0.271 e. The minimum absolute atomic E-state index is 0.124. The topological polar surface area (TPSA) is 64.0 Å². The van der Waals surface area contributed by atoms with Gasteiger partial charge in [0.15, 0.2) is 0 Å². The monoisotopic (exact) mass is 457 g/mol. The molecular weight excluding hydrogens is 438 g/mol. The van der Waals surface area contributed by atoms with Crippen LogP contribution in [0.1, 0.15) is 18.1 Å². The molecule has 28 heavy (non-hydrogen) atoms. The molecule has 0 saturated heterocycles. The Bertz CT molecular complexity index is 1060. The fourth-order valence-electron chi connectivity index (χ4n) is 2.53. The Labute approximate surface area is 176 Å². The van der Waals surface area contributed by atoms with E-state index < -0.39 is 0 Å². The van der Waals surface area contributed by atoms with Crippen LogP contribution in [-0.4, -0.2) is 20.9 Å². The number of nitrogens with one attached hydrogen (secondary N) is 1. The lowest BCUT2D eigenvalue weighted by Gasteiger charge is -2.13. The summed E-state index contributed by atoms with van der Waals surface area (Å²) in [5, 5.41) is 7.56. The van der Waals surface area contributed by atoms with Crippen LogP contribution in [0, 0.1) is 13.8 Å². The molecule has 7 heteroatoms. The molecule has 1 heterocycles. The SMILES string of the molecule is Cc1ccc(-n2nc(SC(C)C(=O)Nc3ccc(Br)c(C)c3)ccc2=O)cc1. The molecule has 1 aromatic heterocycles. The first-order valence-corrected chi connectivity index (χ1v) is 10.4. The van der Waals surface area contributed by atoms with Crippen molar-refractivity contribution in [2.24, 2.45) is 0 Å². The molecule has 0 aliphatic carbocycles. The minimum Gasteiger partial charge on any atom is -0.325 e. The molecule has 1 unspecified atom stereocenters. The van der Waals surface area contributed by atoms with Gasteiger partial charge in [-0.2, -0.15) is 9.78 Å². The van der Waals surface area contributed by atoms with Crippen LogP contribution in [0.4, 0.5) is 5.69 Å². The van der Waals surface area contributed by atoms with Gasteiger partial charge >= 0.3 is 0 Å². The summed E-state index contributed by atoms with van der Waals surface area (Å²) in [7, 11) is 0. The molecule has 1 atom stereocenters. The standard InChI is InChI=1S/C21H20BrN3O2S/c1-13-4-7-17(8-5-13)25-20(26)11-10-19(24-25)28-15(3)21(27)23-16-6-9-18(22)14(2)12-16/h4-12,15H,1-3H3,(H,23,27). The largest absolute Gasteiger partial charge is 0.325 e. The highest BCUT2D eigenvalue weighted by Gasteiger charge is 2.16. The molecule has 0 aliphatic heterocycles. The summed E-state index contributed by atoms with van der Waals surface area (Å²) in [6.07, 6.45) is 0. The summed E-state index contributed by atoms with van der Waals surface area (Å²) in [6, 6.07) is 16.3. The van der Waals surface area contributed by atoms with Crippen LogP contribution in [0.15, 0.2) is 68.9 Å². The van der Waals surface area contributed by atoms with Crippen molar-refractivity contribution in [3.63, 3.8) is 0 Å². The summed E-state index contributed by atoms with van der Waals surface area (Å²) in [4.78, 5) is 24.7. The number of thioether (sulfide) groups is 1. The molecule has 0 radical (unpaired) electrons. The average Bonchev–Trinajstić information content (AvgIpc) is 2.67. The highest BCUT2D eigenvalue weighted by Crippen LogP contribution is 2.24. The fraction of sp³-hybridized carbons (Fsp3) is 0.190. The van der Waals surface area contributed by atoms with Gasteiger partial charge in [0.05, 0.1) is 10.9 Å². The van der Waals surface area contributed by atoms with E-state index in [9.17, 15) is 9.59 Å². The second-order valence-corrected chi connectivity index (χ2v) is 8.69. The van der Waals surface area contributed by atoms with Gasteiger partial charge < -0.3 is 5.32 Å². The Balaban J connectivity index is 1.74. The van der Waals surface area contributed by atoms with E-state index in [1.165, 1.54) is 22.5 Å². The van der Waals surface area contributed by atoms with Crippen LogP contribution >= 0.6 is 27.7 Å².